The molecule has 0 unspecified atom stereocenters. The van der Waals surface area contributed by atoms with Crippen LogP contribution < -0.4 is 5.32 Å². The molecule has 1 fully saturated rings. The monoisotopic (exact) mass is 441 g/mol. The third-order valence-corrected chi connectivity index (χ3v) is 6.61. The largest absolute Gasteiger partial charge is 0.351 e. The van der Waals surface area contributed by atoms with Crippen molar-refractivity contribution < 1.29 is 17.6 Å². The van der Waals surface area contributed by atoms with Gasteiger partial charge in [-0.25, -0.2) is 12.8 Å². The lowest BCUT2D eigenvalue weighted by Crippen LogP contribution is -2.49. The highest BCUT2D eigenvalue weighted by atomic mass is 35.5. The van der Waals surface area contributed by atoms with E-state index in [2.05, 4.69) is 22.3 Å². The number of nitrogens with zero attached hydrogens (tertiary/aromatic N) is 2. The van der Waals surface area contributed by atoms with Crippen LogP contribution in [-0.2, 0) is 16.6 Å². The van der Waals surface area contributed by atoms with Gasteiger partial charge < -0.3 is 5.32 Å². The number of benzene rings is 2. The number of hydrogen-bond donors (Lipinski definition) is 1. The standard InChI is InChI=1S/C20H24FN3O3S.ClH/c21-19-9-5-4-8-18(19)20(25)22-10-15-28(26,27)24-13-11-23(12-14-24)16-17-6-2-1-3-7-17;/h1-9H,10-16H2,(H,22,25);1H. The van der Waals surface area contributed by atoms with Gasteiger partial charge in [-0.1, -0.05) is 42.5 Å². The zero-order valence-corrected chi connectivity index (χ0v) is 17.6. The Morgan fingerprint density at radius 2 is 1.59 bits per heavy atom. The van der Waals surface area contributed by atoms with Gasteiger partial charge >= 0.3 is 0 Å². The minimum Gasteiger partial charge on any atom is -0.351 e. The number of halogens is 2. The van der Waals surface area contributed by atoms with Crippen LogP contribution in [0.15, 0.2) is 54.6 Å². The lowest BCUT2D eigenvalue weighted by atomic mass is 10.2. The SMILES string of the molecule is Cl.O=C(NCCS(=O)(=O)N1CCN(Cc2ccccc2)CC1)c1ccccc1F. The number of piperazine rings is 1. The van der Waals surface area contributed by atoms with Crippen molar-refractivity contribution in [1.82, 2.24) is 14.5 Å². The number of carbonyl (C=O) groups excluding carboxylic acids is 1. The molecule has 0 aliphatic carbocycles. The van der Waals surface area contributed by atoms with Crippen LogP contribution in [0.25, 0.3) is 0 Å². The molecule has 1 N–H and O–H groups in total. The first-order chi connectivity index (χ1) is 13.5. The van der Waals surface area contributed by atoms with Gasteiger partial charge in [-0.3, -0.25) is 9.69 Å². The zero-order valence-electron chi connectivity index (χ0n) is 16.0. The Morgan fingerprint density at radius 1 is 0.966 bits per heavy atom. The van der Waals surface area contributed by atoms with Crippen molar-refractivity contribution in [1.29, 1.82) is 0 Å². The van der Waals surface area contributed by atoms with Crippen molar-refractivity contribution in [3.63, 3.8) is 0 Å². The Kier molecular flexibility index (Phi) is 8.58. The second-order valence-electron chi connectivity index (χ2n) is 6.71. The van der Waals surface area contributed by atoms with Crippen molar-refractivity contribution in [2.24, 2.45) is 0 Å². The van der Waals surface area contributed by atoms with E-state index >= 15 is 0 Å². The van der Waals surface area contributed by atoms with Gasteiger partial charge in [-0.15, -0.1) is 12.4 Å². The highest BCUT2D eigenvalue weighted by Gasteiger charge is 2.26. The van der Waals surface area contributed by atoms with Gasteiger partial charge in [0, 0.05) is 39.3 Å². The van der Waals surface area contributed by atoms with Gasteiger partial charge in [0.05, 0.1) is 11.3 Å². The van der Waals surface area contributed by atoms with Crippen LogP contribution in [0.3, 0.4) is 0 Å². The molecule has 0 bridgehead atoms. The predicted octanol–water partition coefficient (Wildman–Crippen LogP) is 2.12. The average molecular weight is 442 g/mol. The molecule has 0 radical (unpaired) electrons. The smallest absolute Gasteiger partial charge is 0.254 e. The van der Waals surface area contributed by atoms with Gasteiger partial charge in [0.25, 0.3) is 5.91 Å². The summed E-state index contributed by atoms with van der Waals surface area (Å²) >= 11 is 0. The van der Waals surface area contributed by atoms with Gasteiger partial charge in [-0.2, -0.15) is 4.31 Å². The van der Waals surface area contributed by atoms with Crippen LogP contribution in [-0.4, -0.2) is 62.0 Å². The number of amides is 1. The molecule has 1 amide bonds. The highest BCUT2D eigenvalue weighted by molar-refractivity contribution is 7.89. The molecule has 1 aliphatic heterocycles. The maximum atomic E-state index is 13.6. The van der Waals surface area contributed by atoms with E-state index < -0.39 is 21.7 Å². The second-order valence-corrected chi connectivity index (χ2v) is 8.80. The van der Waals surface area contributed by atoms with Gasteiger partial charge in [0.1, 0.15) is 5.82 Å². The van der Waals surface area contributed by atoms with E-state index in [0.29, 0.717) is 26.2 Å². The van der Waals surface area contributed by atoms with Crippen LogP contribution in [0.2, 0.25) is 0 Å². The summed E-state index contributed by atoms with van der Waals surface area (Å²) in [6, 6.07) is 15.7. The van der Waals surface area contributed by atoms with Crippen molar-refractivity contribution in [3.8, 4) is 0 Å². The summed E-state index contributed by atoms with van der Waals surface area (Å²) in [5.41, 5.74) is 1.11. The summed E-state index contributed by atoms with van der Waals surface area (Å²) in [7, 11) is -3.47. The average Bonchev–Trinajstić information content (AvgIpc) is 2.69. The minimum atomic E-state index is -3.47. The molecule has 0 atom stereocenters. The van der Waals surface area contributed by atoms with Crippen LogP contribution in [0.5, 0.6) is 0 Å². The van der Waals surface area contributed by atoms with Crippen LogP contribution in [0, 0.1) is 5.82 Å². The Balaban J connectivity index is 0.00000300. The van der Waals surface area contributed by atoms with E-state index in [9.17, 15) is 17.6 Å². The Morgan fingerprint density at radius 3 is 2.24 bits per heavy atom. The molecule has 3 rings (SSSR count). The molecule has 6 nitrogen and oxygen atoms in total. The summed E-state index contributed by atoms with van der Waals surface area (Å²) in [6.45, 7) is 2.92. The van der Waals surface area contributed by atoms with Crippen molar-refractivity contribution in [2.75, 3.05) is 38.5 Å². The van der Waals surface area contributed by atoms with E-state index in [1.807, 2.05) is 18.2 Å². The Labute approximate surface area is 177 Å². The molecule has 29 heavy (non-hydrogen) atoms. The fraction of sp³-hybridized carbons (Fsp3) is 0.350. The normalized spacial score (nSPS) is 15.5. The molecule has 1 saturated heterocycles. The molecule has 0 saturated carbocycles. The third-order valence-electron chi connectivity index (χ3n) is 4.74. The minimum absolute atomic E-state index is 0. The predicted molar refractivity (Wildman–Crippen MR) is 113 cm³/mol. The highest BCUT2D eigenvalue weighted by Crippen LogP contribution is 2.12. The third kappa shape index (κ3) is 6.50. The first kappa shape index (κ1) is 23.3. The van der Waals surface area contributed by atoms with E-state index in [1.54, 1.807) is 6.07 Å². The maximum Gasteiger partial charge on any atom is 0.254 e. The summed E-state index contributed by atoms with van der Waals surface area (Å²) in [5, 5.41) is 2.48. The molecular formula is C20H25ClFN3O3S. The molecule has 2 aromatic carbocycles. The van der Waals surface area contributed by atoms with Crippen molar-refractivity contribution >= 4 is 28.3 Å². The van der Waals surface area contributed by atoms with Crippen LogP contribution in [0.4, 0.5) is 4.39 Å². The van der Waals surface area contributed by atoms with Crippen molar-refractivity contribution in [2.45, 2.75) is 6.54 Å². The van der Waals surface area contributed by atoms with Gasteiger partial charge in [0.15, 0.2) is 0 Å². The molecule has 9 heteroatoms. The number of rotatable bonds is 7. The van der Waals surface area contributed by atoms with E-state index in [1.165, 1.54) is 28.1 Å². The molecule has 2 aromatic rings. The lowest BCUT2D eigenvalue weighted by Gasteiger charge is -2.34. The molecular weight excluding hydrogens is 417 g/mol. The van der Waals surface area contributed by atoms with Crippen molar-refractivity contribution in [3.05, 3.63) is 71.5 Å². The lowest BCUT2D eigenvalue weighted by molar-refractivity contribution is 0.0952. The van der Waals surface area contributed by atoms with Crippen LogP contribution >= 0.6 is 12.4 Å². The fourth-order valence-electron chi connectivity index (χ4n) is 3.17. The number of carbonyl (C=O) groups is 1. The molecule has 0 spiro atoms. The molecule has 1 aliphatic rings. The van der Waals surface area contributed by atoms with E-state index in [-0.39, 0.29) is 30.3 Å². The Bertz CT molecular complexity index is 904. The summed E-state index contributed by atoms with van der Waals surface area (Å²) < 4.78 is 40.1. The second kappa shape index (κ2) is 10.7. The number of sulfonamides is 1. The molecule has 1 heterocycles. The summed E-state index contributed by atoms with van der Waals surface area (Å²) in [5.74, 6) is -1.44. The molecule has 158 valence electrons. The number of hydrogen-bond acceptors (Lipinski definition) is 4. The van der Waals surface area contributed by atoms with Gasteiger partial charge in [-0.05, 0) is 17.7 Å². The summed E-state index contributed by atoms with van der Waals surface area (Å²) in [4.78, 5) is 14.2. The first-order valence-corrected chi connectivity index (χ1v) is 10.8. The quantitative estimate of drug-likeness (QED) is 0.714. The molecule has 0 aromatic heterocycles. The number of nitrogens with one attached hydrogen (secondary N) is 1. The maximum absolute atomic E-state index is 13.6. The topological polar surface area (TPSA) is 69.7 Å². The zero-order chi connectivity index (χ0) is 20.0. The van der Waals surface area contributed by atoms with Crippen LogP contribution in [0.1, 0.15) is 15.9 Å². The van der Waals surface area contributed by atoms with Gasteiger partial charge in [0.2, 0.25) is 10.0 Å². The summed E-state index contributed by atoms with van der Waals surface area (Å²) in [6.07, 6.45) is 0. The Hall–Kier alpha value is -2.00. The fourth-order valence-corrected chi connectivity index (χ4v) is 4.51. The van der Waals surface area contributed by atoms with E-state index in [4.69, 9.17) is 0 Å². The first-order valence-electron chi connectivity index (χ1n) is 9.22. The van der Waals surface area contributed by atoms with E-state index in [0.717, 1.165) is 6.54 Å².